The summed E-state index contributed by atoms with van der Waals surface area (Å²) in [6.07, 6.45) is 7.26. The smallest absolute Gasteiger partial charge is 0.130 e. The van der Waals surface area contributed by atoms with Crippen molar-refractivity contribution in [2.24, 2.45) is 0 Å². The van der Waals surface area contributed by atoms with Gasteiger partial charge in [0.15, 0.2) is 0 Å². The molecule has 6 heteroatoms. The van der Waals surface area contributed by atoms with E-state index in [1.165, 1.54) is 6.42 Å². The van der Waals surface area contributed by atoms with Crippen LogP contribution in [0.2, 0.25) is 0 Å². The Balaban J connectivity index is 1.39. The van der Waals surface area contributed by atoms with Crippen molar-refractivity contribution in [3.63, 3.8) is 0 Å². The Morgan fingerprint density at radius 1 is 1.00 bits per heavy atom. The van der Waals surface area contributed by atoms with Gasteiger partial charge < -0.3 is 19.4 Å². The molecule has 0 bridgehead atoms. The Morgan fingerprint density at radius 3 is 2.51 bits per heavy atom. The second-order valence-corrected chi connectivity index (χ2v) is 9.32. The molecule has 2 aromatic heterocycles. The number of fused-ring (bicyclic) bond motifs is 1. The van der Waals surface area contributed by atoms with Crippen molar-refractivity contribution < 1.29 is 9.47 Å². The number of hydrogen-bond acceptors (Lipinski definition) is 5. The normalized spacial score (nSPS) is 16.5. The molecule has 2 aliphatic rings. The van der Waals surface area contributed by atoms with Gasteiger partial charge in [0.2, 0.25) is 0 Å². The first-order valence-electron chi connectivity index (χ1n) is 12.4. The van der Waals surface area contributed by atoms with Crippen LogP contribution in [0.15, 0.2) is 66.9 Å². The van der Waals surface area contributed by atoms with Gasteiger partial charge >= 0.3 is 0 Å². The molecule has 4 aromatic rings. The average molecular weight is 465 g/mol. The van der Waals surface area contributed by atoms with Gasteiger partial charge in [-0.3, -0.25) is 0 Å². The molecule has 1 saturated heterocycles. The van der Waals surface area contributed by atoms with E-state index in [4.69, 9.17) is 9.47 Å². The van der Waals surface area contributed by atoms with Crippen LogP contribution in [-0.4, -0.2) is 28.9 Å². The Bertz CT molecular complexity index is 1360. The highest BCUT2D eigenvalue weighted by Gasteiger charge is 2.28. The van der Waals surface area contributed by atoms with Crippen LogP contribution >= 0.6 is 0 Å². The number of nitriles is 1. The third-order valence-electron chi connectivity index (χ3n) is 7.09. The number of nitrogens with zero attached hydrogens (tertiary/aromatic N) is 3. The zero-order valence-electron chi connectivity index (χ0n) is 19.6. The zero-order chi connectivity index (χ0) is 23.6. The van der Waals surface area contributed by atoms with E-state index < -0.39 is 0 Å². The van der Waals surface area contributed by atoms with Crippen molar-refractivity contribution in [1.29, 1.82) is 5.26 Å². The number of pyridine rings is 1. The zero-order valence-corrected chi connectivity index (χ0v) is 19.6. The predicted molar refractivity (Wildman–Crippen MR) is 137 cm³/mol. The summed E-state index contributed by atoms with van der Waals surface area (Å²) in [6, 6.07) is 23.2. The molecule has 2 fully saturated rings. The fourth-order valence-electron chi connectivity index (χ4n) is 5.07. The summed E-state index contributed by atoms with van der Waals surface area (Å²) >= 11 is 0. The number of anilines is 2. The van der Waals surface area contributed by atoms with Crippen LogP contribution in [0.4, 0.5) is 11.5 Å². The van der Waals surface area contributed by atoms with Crippen molar-refractivity contribution >= 4 is 22.4 Å². The molecule has 1 aliphatic carbocycles. The number of aromatic nitrogens is 2. The van der Waals surface area contributed by atoms with E-state index in [9.17, 15) is 5.26 Å². The molecule has 0 atom stereocenters. The SMILES string of the molecule is N#Cc1c(-c2ccc(Nc3ccccn3)cc2)n(C2CCC2)c2cc(OC3CCOCC3)ccc12. The second-order valence-electron chi connectivity index (χ2n) is 9.32. The Labute approximate surface area is 205 Å². The van der Waals surface area contributed by atoms with Crippen molar-refractivity contribution in [1.82, 2.24) is 9.55 Å². The molecule has 176 valence electrons. The highest BCUT2D eigenvalue weighted by atomic mass is 16.5. The van der Waals surface area contributed by atoms with Gasteiger partial charge in [-0.2, -0.15) is 5.26 Å². The first-order valence-corrected chi connectivity index (χ1v) is 12.4. The van der Waals surface area contributed by atoms with Gasteiger partial charge in [-0.15, -0.1) is 0 Å². The van der Waals surface area contributed by atoms with E-state index in [2.05, 4.69) is 45.2 Å². The maximum atomic E-state index is 10.2. The largest absolute Gasteiger partial charge is 0.490 e. The van der Waals surface area contributed by atoms with Crippen molar-refractivity contribution in [2.45, 2.75) is 44.2 Å². The molecule has 3 heterocycles. The number of hydrogen-bond donors (Lipinski definition) is 1. The van der Waals surface area contributed by atoms with Crippen molar-refractivity contribution in [3.8, 4) is 23.1 Å². The van der Waals surface area contributed by atoms with Crippen LogP contribution in [0.3, 0.4) is 0 Å². The summed E-state index contributed by atoms with van der Waals surface area (Å²) in [4.78, 5) is 4.34. The summed E-state index contributed by atoms with van der Waals surface area (Å²) in [6.45, 7) is 1.50. The van der Waals surface area contributed by atoms with Crippen LogP contribution in [0.1, 0.15) is 43.7 Å². The molecule has 0 spiro atoms. The van der Waals surface area contributed by atoms with E-state index >= 15 is 0 Å². The Kier molecular flexibility index (Phi) is 5.85. The third-order valence-corrected chi connectivity index (χ3v) is 7.09. The number of rotatable bonds is 6. The van der Waals surface area contributed by atoms with Gasteiger partial charge in [0.05, 0.1) is 30.0 Å². The second kappa shape index (κ2) is 9.44. The van der Waals surface area contributed by atoms with Gasteiger partial charge in [-0.25, -0.2) is 4.98 Å². The third kappa shape index (κ3) is 4.24. The minimum absolute atomic E-state index is 0.183. The van der Waals surface area contributed by atoms with E-state index in [1.807, 2.05) is 36.4 Å². The number of nitrogens with one attached hydrogen (secondary N) is 1. The topological polar surface area (TPSA) is 72.1 Å². The molecule has 0 amide bonds. The van der Waals surface area contributed by atoms with Crippen LogP contribution in [0.25, 0.3) is 22.2 Å². The Morgan fingerprint density at radius 2 is 1.83 bits per heavy atom. The lowest BCUT2D eigenvalue weighted by Crippen LogP contribution is -2.25. The van der Waals surface area contributed by atoms with Crippen molar-refractivity contribution in [2.75, 3.05) is 18.5 Å². The lowest BCUT2D eigenvalue weighted by molar-refractivity contribution is 0.0256. The summed E-state index contributed by atoms with van der Waals surface area (Å²) in [7, 11) is 0. The van der Waals surface area contributed by atoms with Gasteiger partial charge in [0.25, 0.3) is 0 Å². The highest BCUT2D eigenvalue weighted by molar-refractivity contribution is 5.95. The molecule has 0 radical (unpaired) electrons. The molecular weight excluding hydrogens is 436 g/mol. The molecule has 1 N–H and O–H groups in total. The maximum absolute atomic E-state index is 10.2. The van der Waals surface area contributed by atoms with Gasteiger partial charge in [0.1, 0.15) is 23.7 Å². The van der Waals surface area contributed by atoms with Crippen LogP contribution in [-0.2, 0) is 4.74 Å². The quantitative estimate of drug-likeness (QED) is 0.348. The molecule has 6 nitrogen and oxygen atoms in total. The van der Waals surface area contributed by atoms with Crippen LogP contribution in [0.5, 0.6) is 5.75 Å². The fourth-order valence-corrected chi connectivity index (χ4v) is 5.07. The number of ether oxygens (including phenoxy) is 2. The van der Waals surface area contributed by atoms with Gasteiger partial charge in [0, 0.05) is 42.2 Å². The van der Waals surface area contributed by atoms with Gasteiger partial charge in [-0.1, -0.05) is 18.2 Å². The molecular formula is C29H28N4O2. The highest BCUT2D eigenvalue weighted by Crippen LogP contribution is 2.43. The molecule has 2 aromatic carbocycles. The summed E-state index contributed by atoms with van der Waals surface area (Å²) < 4.78 is 14.2. The standard InChI is InChI=1S/C29H28N4O2/c30-19-26-25-12-11-24(35-23-13-16-34-17-14-23)18-27(25)33(22-4-3-5-22)29(26)20-7-9-21(10-8-20)32-28-6-1-2-15-31-28/h1-2,6-12,15,18,22-23H,3-5,13-14,16-17H2,(H,31,32). The minimum Gasteiger partial charge on any atom is -0.490 e. The molecule has 35 heavy (non-hydrogen) atoms. The molecule has 1 aliphatic heterocycles. The molecule has 6 rings (SSSR count). The minimum atomic E-state index is 0.183. The first kappa shape index (κ1) is 21.7. The molecule has 0 unspecified atom stereocenters. The lowest BCUT2D eigenvalue weighted by atomic mass is 9.92. The van der Waals surface area contributed by atoms with E-state index in [0.717, 1.165) is 83.9 Å². The lowest BCUT2D eigenvalue weighted by Gasteiger charge is -2.30. The first-order chi connectivity index (χ1) is 17.3. The summed E-state index contributed by atoms with van der Waals surface area (Å²) in [5.74, 6) is 1.67. The molecule has 1 saturated carbocycles. The number of benzene rings is 2. The van der Waals surface area contributed by atoms with Crippen LogP contribution < -0.4 is 10.1 Å². The van der Waals surface area contributed by atoms with Crippen molar-refractivity contribution in [3.05, 3.63) is 72.4 Å². The van der Waals surface area contributed by atoms with E-state index in [0.29, 0.717) is 6.04 Å². The maximum Gasteiger partial charge on any atom is 0.130 e. The fraction of sp³-hybridized carbons (Fsp3) is 0.310. The average Bonchev–Trinajstić information content (AvgIpc) is 3.18. The van der Waals surface area contributed by atoms with E-state index in [1.54, 1.807) is 6.20 Å². The summed E-state index contributed by atoms with van der Waals surface area (Å²) in [5.41, 5.74) is 4.82. The van der Waals surface area contributed by atoms with Gasteiger partial charge in [-0.05, 0) is 61.2 Å². The summed E-state index contributed by atoms with van der Waals surface area (Å²) in [5, 5.41) is 14.5. The van der Waals surface area contributed by atoms with Crippen LogP contribution in [0, 0.1) is 11.3 Å². The monoisotopic (exact) mass is 464 g/mol. The Hall–Kier alpha value is -3.82. The predicted octanol–water partition coefficient (Wildman–Crippen LogP) is 6.60. The van der Waals surface area contributed by atoms with E-state index in [-0.39, 0.29) is 6.10 Å².